The molecule has 0 spiro atoms. The zero-order valence-corrected chi connectivity index (χ0v) is 13.3. The van der Waals surface area contributed by atoms with Gasteiger partial charge in [0.2, 0.25) is 0 Å². The molecule has 5 nitrogen and oxygen atoms in total. The zero-order valence-electron chi connectivity index (χ0n) is 12.6. The predicted octanol–water partition coefficient (Wildman–Crippen LogP) is 4.25. The van der Waals surface area contributed by atoms with Crippen molar-refractivity contribution in [2.75, 3.05) is 11.9 Å². The molecule has 0 aromatic heterocycles. The van der Waals surface area contributed by atoms with E-state index in [-0.39, 0.29) is 23.2 Å². The summed E-state index contributed by atoms with van der Waals surface area (Å²) in [6.07, 6.45) is 2.17. The minimum atomic E-state index is -0.444. The fourth-order valence-electron chi connectivity index (χ4n) is 2.90. The van der Waals surface area contributed by atoms with Gasteiger partial charge >= 0.3 is 0 Å². The van der Waals surface area contributed by atoms with Gasteiger partial charge in [0, 0.05) is 30.2 Å². The van der Waals surface area contributed by atoms with Crippen molar-refractivity contribution in [3.63, 3.8) is 0 Å². The van der Waals surface area contributed by atoms with Gasteiger partial charge < -0.3 is 10.1 Å². The van der Waals surface area contributed by atoms with E-state index in [0.29, 0.717) is 11.6 Å². The van der Waals surface area contributed by atoms with E-state index < -0.39 is 4.92 Å². The van der Waals surface area contributed by atoms with Crippen LogP contribution in [-0.2, 0) is 4.74 Å². The molecule has 1 aromatic carbocycles. The van der Waals surface area contributed by atoms with Crippen molar-refractivity contribution >= 4 is 23.0 Å². The standard InChI is InChI=1S/C15H21ClN2O3/c1-4-15(3)13(9-14(15)21-5-2)17-12-7-6-10(18(19)20)8-11(12)16/h6-8,13-14,17H,4-5,9H2,1-3H3. The van der Waals surface area contributed by atoms with E-state index in [0.717, 1.165) is 18.5 Å². The number of non-ortho nitro benzene ring substituents is 1. The van der Waals surface area contributed by atoms with Gasteiger partial charge in [0.1, 0.15) is 0 Å². The summed E-state index contributed by atoms with van der Waals surface area (Å²) in [5.41, 5.74) is 0.799. The number of ether oxygens (including phenoxy) is 1. The summed E-state index contributed by atoms with van der Waals surface area (Å²) in [6.45, 7) is 7.07. The van der Waals surface area contributed by atoms with E-state index in [2.05, 4.69) is 19.2 Å². The molecule has 1 saturated carbocycles. The van der Waals surface area contributed by atoms with Gasteiger partial charge in [0.15, 0.2) is 0 Å². The van der Waals surface area contributed by atoms with Crippen LogP contribution in [-0.4, -0.2) is 23.7 Å². The number of nitrogens with zero attached hydrogens (tertiary/aromatic N) is 1. The van der Waals surface area contributed by atoms with Gasteiger partial charge in [-0.3, -0.25) is 10.1 Å². The van der Waals surface area contributed by atoms with Crippen molar-refractivity contribution < 1.29 is 9.66 Å². The molecule has 0 amide bonds. The topological polar surface area (TPSA) is 64.4 Å². The second-order valence-electron chi connectivity index (χ2n) is 5.66. The molecule has 3 atom stereocenters. The number of nitro benzene ring substituents is 1. The smallest absolute Gasteiger partial charge is 0.271 e. The Labute approximate surface area is 129 Å². The first kappa shape index (κ1) is 16.0. The van der Waals surface area contributed by atoms with E-state index in [4.69, 9.17) is 16.3 Å². The third-order valence-corrected chi connectivity index (χ3v) is 4.92. The normalized spacial score (nSPS) is 28.0. The number of hydrogen-bond acceptors (Lipinski definition) is 4. The number of rotatable bonds is 6. The van der Waals surface area contributed by atoms with Crippen molar-refractivity contribution in [3.8, 4) is 0 Å². The Bertz CT molecular complexity index is 538. The monoisotopic (exact) mass is 312 g/mol. The van der Waals surface area contributed by atoms with Crippen LogP contribution in [0.2, 0.25) is 5.02 Å². The van der Waals surface area contributed by atoms with Crippen molar-refractivity contribution in [1.29, 1.82) is 0 Å². The summed E-state index contributed by atoms with van der Waals surface area (Å²) in [4.78, 5) is 10.3. The van der Waals surface area contributed by atoms with Crippen LogP contribution < -0.4 is 5.32 Å². The molecule has 0 aliphatic heterocycles. The van der Waals surface area contributed by atoms with Gasteiger partial charge in [0.05, 0.1) is 21.7 Å². The van der Waals surface area contributed by atoms with E-state index >= 15 is 0 Å². The molecule has 3 unspecified atom stereocenters. The molecule has 0 saturated heterocycles. The van der Waals surface area contributed by atoms with Crippen LogP contribution in [0.4, 0.5) is 11.4 Å². The lowest BCUT2D eigenvalue weighted by atomic mass is 9.61. The Kier molecular flexibility index (Phi) is 4.74. The van der Waals surface area contributed by atoms with Crippen LogP contribution in [0.1, 0.15) is 33.6 Å². The zero-order chi connectivity index (χ0) is 15.6. The molecule has 1 aliphatic rings. The lowest BCUT2D eigenvalue weighted by Gasteiger charge is -2.54. The van der Waals surface area contributed by atoms with Crippen LogP contribution in [0.15, 0.2) is 18.2 Å². The molecule has 1 N–H and O–H groups in total. The summed E-state index contributed by atoms with van der Waals surface area (Å²) < 4.78 is 5.77. The summed E-state index contributed by atoms with van der Waals surface area (Å²) >= 11 is 6.13. The van der Waals surface area contributed by atoms with Gasteiger partial charge in [-0.15, -0.1) is 0 Å². The molecule has 21 heavy (non-hydrogen) atoms. The van der Waals surface area contributed by atoms with Gasteiger partial charge in [-0.1, -0.05) is 25.4 Å². The number of anilines is 1. The van der Waals surface area contributed by atoms with Crippen molar-refractivity contribution in [1.82, 2.24) is 0 Å². The third kappa shape index (κ3) is 2.99. The van der Waals surface area contributed by atoms with Crippen molar-refractivity contribution in [2.24, 2.45) is 5.41 Å². The second kappa shape index (κ2) is 6.20. The fourth-order valence-corrected chi connectivity index (χ4v) is 3.13. The maximum absolute atomic E-state index is 10.7. The summed E-state index contributed by atoms with van der Waals surface area (Å²) in [5, 5.41) is 14.5. The van der Waals surface area contributed by atoms with E-state index in [1.165, 1.54) is 12.1 Å². The summed E-state index contributed by atoms with van der Waals surface area (Å²) in [6, 6.07) is 4.78. The molecule has 1 aliphatic carbocycles. The average molecular weight is 313 g/mol. The highest BCUT2D eigenvalue weighted by atomic mass is 35.5. The molecule has 2 rings (SSSR count). The Morgan fingerprint density at radius 2 is 2.24 bits per heavy atom. The SMILES string of the molecule is CCOC1CC(Nc2ccc([N+](=O)[O-])cc2Cl)C1(C)CC. The molecule has 1 aromatic rings. The van der Waals surface area contributed by atoms with E-state index in [1.54, 1.807) is 6.07 Å². The highest BCUT2D eigenvalue weighted by Gasteiger charge is 2.51. The largest absolute Gasteiger partial charge is 0.380 e. The second-order valence-corrected chi connectivity index (χ2v) is 6.06. The number of hydrogen-bond donors (Lipinski definition) is 1. The first-order valence-electron chi connectivity index (χ1n) is 7.24. The minimum absolute atomic E-state index is 0.00426. The van der Waals surface area contributed by atoms with Crippen LogP contribution in [0.5, 0.6) is 0 Å². The fraction of sp³-hybridized carbons (Fsp3) is 0.600. The van der Waals surface area contributed by atoms with Gasteiger partial charge in [-0.25, -0.2) is 0 Å². The lowest BCUT2D eigenvalue weighted by Crippen LogP contribution is -2.59. The predicted molar refractivity (Wildman–Crippen MR) is 83.9 cm³/mol. The first-order valence-corrected chi connectivity index (χ1v) is 7.62. The lowest BCUT2D eigenvalue weighted by molar-refractivity contribution is -0.384. The van der Waals surface area contributed by atoms with Crippen molar-refractivity contribution in [2.45, 2.75) is 45.8 Å². The summed E-state index contributed by atoms with van der Waals surface area (Å²) in [5.74, 6) is 0. The number of nitrogens with one attached hydrogen (secondary N) is 1. The van der Waals surface area contributed by atoms with E-state index in [9.17, 15) is 10.1 Å². The van der Waals surface area contributed by atoms with Crippen LogP contribution >= 0.6 is 11.6 Å². The average Bonchev–Trinajstić information content (AvgIpc) is 2.46. The highest BCUT2D eigenvalue weighted by Crippen LogP contribution is 2.47. The Morgan fingerprint density at radius 3 is 2.76 bits per heavy atom. The third-order valence-electron chi connectivity index (χ3n) is 4.60. The van der Waals surface area contributed by atoms with Gasteiger partial charge in [-0.05, 0) is 25.8 Å². The van der Waals surface area contributed by atoms with Crippen LogP contribution in [0.25, 0.3) is 0 Å². The molecule has 0 radical (unpaired) electrons. The maximum Gasteiger partial charge on any atom is 0.271 e. The van der Waals surface area contributed by atoms with Crippen molar-refractivity contribution in [3.05, 3.63) is 33.3 Å². The van der Waals surface area contributed by atoms with Gasteiger partial charge in [0.25, 0.3) is 5.69 Å². The number of nitro groups is 1. The quantitative estimate of drug-likeness (QED) is 0.630. The summed E-state index contributed by atoms with van der Waals surface area (Å²) in [7, 11) is 0. The number of benzene rings is 1. The number of halogens is 1. The van der Waals surface area contributed by atoms with E-state index in [1.807, 2.05) is 6.92 Å². The Balaban J connectivity index is 2.11. The molecule has 116 valence electrons. The molecule has 0 heterocycles. The van der Waals surface area contributed by atoms with Gasteiger partial charge in [-0.2, -0.15) is 0 Å². The highest BCUT2D eigenvalue weighted by molar-refractivity contribution is 6.33. The Morgan fingerprint density at radius 1 is 1.52 bits per heavy atom. The minimum Gasteiger partial charge on any atom is -0.380 e. The van der Waals surface area contributed by atoms with Crippen LogP contribution in [0, 0.1) is 15.5 Å². The first-order chi connectivity index (χ1) is 9.92. The molecular formula is C15H21ClN2O3. The maximum atomic E-state index is 10.7. The molecular weight excluding hydrogens is 292 g/mol. The van der Waals surface area contributed by atoms with Crippen LogP contribution in [0.3, 0.4) is 0 Å². The molecule has 6 heteroatoms. The molecule has 0 bridgehead atoms. The molecule has 1 fully saturated rings. The Hall–Kier alpha value is -1.33.